The quantitative estimate of drug-likeness (QED) is 0.756. The van der Waals surface area contributed by atoms with E-state index in [1.54, 1.807) is 12.1 Å². The van der Waals surface area contributed by atoms with E-state index in [0.717, 1.165) is 39.0 Å². The third kappa shape index (κ3) is 3.70. The molecule has 2 heterocycles. The lowest BCUT2D eigenvalue weighted by molar-refractivity contribution is 0.0690. The highest BCUT2D eigenvalue weighted by atomic mass is 16.5. The van der Waals surface area contributed by atoms with E-state index in [1.807, 2.05) is 0 Å². The Morgan fingerprint density at radius 1 is 1.56 bits per heavy atom. The van der Waals surface area contributed by atoms with Crippen molar-refractivity contribution in [2.45, 2.75) is 19.3 Å². The number of aromatic nitrogens is 1. The number of pyridine rings is 1. The maximum absolute atomic E-state index is 10.8. The van der Waals surface area contributed by atoms with Crippen LogP contribution in [0.2, 0.25) is 0 Å². The van der Waals surface area contributed by atoms with Gasteiger partial charge in [-0.1, -0.05) is 6.07 Å². The minimum atomic E-state index is -0.998. The van der Waals surface area contributed by atoms with E-state index in [-0.39, 0.29) is 5.69 Å². The number of ether oxygens (including phenoxy) is 1. The topological polar surface area (TPSA) is 71.5 Å². The normalized spacial score (nSPS) is 18.8. The zero-order chi connectivity index (χ0) is 12.8. The van der Waals surface area contributed by atoms with Gasteiger partial charge in [0.05, 0.1) is 0 Å². The summed E-state index contributed by atoms with van der Waals surface area (Å²) in [6.07, 6.45) is 3.35. The molecule has 1 atom stereocenters. The number of anilines is 1. The van der Waals surface area contributed by atoms with Crippen LogP contribution in [0.4, 0.5) is 5.82 Å². The van der Waals surface area contributed by atoms with Gasteiger partial charge in [-0.15, -0.1) is 0 Å². The summed E-state index contributed by atoms with van der Waals surface area (Å²) in [6, 6.07) is 4.97. The molecule has 1 saturated heterocycles. The van der Waals surface area contributed by atoms with Crippen LogP contribution < -0.4 is 5.32 Å². The smallest absolute Gasteiger partial charge is 0.354 e. The van der Waals surface area contributed by atoms with Gasteiger partial charge in [0.25, 0.3) is 0 Å². The number of nitrogens with one attached hydrogen (secondary N) is 1. The number of nitrogens with zero attached hydrogens (tertiary/aromatic N) is 1. The van der Waals surface area contributed by atoms with Crippen LogP contribution >= 0.6 is 0 Å². The highest BCUT2D eigenvalue weighted by molar-refractivity contribution is 5.85. The Morgan fingerprint density at radius 2 is 2.44 bits per heavy atom. The Labute approximate surface area is 106 Å². The number of carboxylic acid groups (broad SMARTS) is 1. The Hall–Kier alpha value is -1.62. The highest BCUT2D eigenvalue weighted by Gasteiger charge is 2.14. The molecule has 1 aromatic rings. The summed E-state index contributed by atoms with van der Waals surface area (Å²) in [5, 5.41) is 12.0. The molecular weight excluding hydrogens is 232 g/mol. The predicted molar refractivity (Wildman–Crippen MR) is 67.8 cm³/mol. The first-order chi connectivity index (χ1) is 8.75. The lowest BCUT2D eigenvalue weighted by Crippen LogP contribution is -2.08. The van der Waals surface area contributed by atoms with Crippen molar-refractivity contribution < 1.29 is 14.6 Å². The second-order valence-electron chi connectivity index (χ2n) is 4.51. The second-order valence-corrected chi connectivity index (χ2v) is 4.51. The van der Waals surface area contributed by atoms with Gasteiger partial charge in [0.15, 0.2) is 5.69 Å². The van der Waals surface area contributed by atoms with Crippen molar-refractivity contribution in [2.24, 2.45) is 5.92 Å². The van der Waals surface area contributed by atoms with Crippen molar-refractivity contribution in [1.82, 2.24) is 4.98 Å². The average molecular weight is 250 g/mol. The van der Waals surface area contributed by atoms with Crippen LogP contribution in [-0.2, 0) is 4.74 Å². The van der Waals surface area contributed by atoms with Crippen molar-refractivity contribution >= 4 is 11.8 Å². The molecule has 2 rings (SSSR count). The lowest BCUT2D eigenvalue weighted by atomic mass is 10.0. The minimum absolute atomic E-state index is 0.0733. The molecule has 5 nitrogen and oxygen atoms in total. The Bertz CT molecular complexity index is 403. The van der Waals surface area contributed by atoms with Crippen molar-refractivity contribution in [2.75, 3.05) is 25.1 Å². The minimum Gasteiger partial charge on any atom is -0.477 e. The molecule has 1 unspecified atom stereocenters. The number of aromatic carboxylic acids is 1. The van der Waals surface area contributed by atoms with Gasteiger partial charge >= 0.3 is 5.97 Å². The molecule has 98 valence electrons. The van der Waals surface area contributed by atoms with Crippen LogP contribution in [0.25, 0.3) is 0 Å². The summed E-state index contributed by atoms with van der Waals surface area (Å²) < 4.78 is 5.32. The second kappa shape index (κ2) is 6.35. The van der Waals surface area contributed by atoms with Gasteiger partial charge in [-0.3, -0.25) is 0 Å². The maximum Gasteiger partial charge on any atom is 0.354 e. The fourth-order valence-electron chi connectivity index (χ4n) is 2.07. The Morgan fingerprint density at radius 3 is 3.17 bits per heavy atom. The molecule has 1 aliphatic heterocycles. The van der Waals surface area contributed by atoms with Crippen LogP contribution in [0, 0.1) is 5.92 Å². The summed E-state index contributed by atoms with van der Waals surface area (Å²) in [6.45, 7) is 2.58. The number of hydrogen-bond donors (Lipinski definition) is 2. The van der Waals surface area contributed by atoms with Gasteiger partial charge in [0.1, 0.15) is 5.82 Å². The number of rotatable bonds is 6. The molecule has 0 spiro atoms. The summed E-state index contributed by atoms with van der Waals surface area (Å²) in [4.78, 5) is 14.8. The van der Waals surface area contributed by atoms with Gasteiger partial charge in [-0.05, 0) is 37.3 Å². The molecule has 0 aliphatic carbocycles. The molecule has 0 bridgehead atoms. The zero-order valence-corrected chi connectivity index (χ0v) is 10.3. The molecule has 0 amide bonds. The molecule has 2 N–H and O–H groups in total. The molecule has 1 aromatic heterocycles. The fraction of sp³-hybridized carbons (Fsp3) is 0.538. The van der Waals surface area contributed by atoms with Crippen molar-refractivity contribution in [3.63, 3.8) is 0 Å². The fourth-order valence-corrected chi connectivity index (χ4v) is 2.07. The third-order valence-corrected chi connectivity index (χ3v) is 3.09. The number of hydrogen-bond acceptors (Lipinski definition) is 4. The van der Waals surface area contributed by atoms with E-state index >= 15 is 0 Å². The van der Waals surface area contributed by atoms with Gasteiger partial charge < -0.3 is 15.2 Å². The zero-order valence-electron chi connectivity index (χ0n) is 10.3. The molecular formula is C13H18N2O3. The van der Waals surface area contributed by atoms with Crippen molar-refractivity contribution in [3.8, 4) is 0 Å². The van der Waals surface area contributed by atoms with Crippen LogP contribution in [0.5, 0.6) is 0 Å². The summed E-state index contributed by atoms with van der Waals surface area (Å²) in [7, 11) is 0. The highest BCUT2D eigenvalue weighted by Crippen LogP contribution is 2.17. The summed E-state index contributed by atoms with van der Waals surface area (Å²) in [5.41, 5.74) is 0.0733. The molecule has 18 heavy (non-hydrogen) atoms. The van der Waals surface area contributed by atoms with Gasteiger partial charge in [-0.2, -0.15) is 0 Å². The van der Waals surface area contributed by atoms with Crippen LogP contribution in [-0.4, -0.2) is 35.8 Å². The first kappa shape index (κ1) is 12.8. The number of carbonyl (C=O) groups is 1. The van der Waals surface area contributed by atoms with Crippen LogP contribution in [0.3, 0.4) is 0 Å². The van der Waals surface area contributed by atoms with E-state index < -0.39 is 5.97 Å². The molecule has 0 saturated carbocycles. The first-order valence-electron chi connectivity index (χ1n) is 6.27. The molecule has 5 heteroatoms. The van der Waals surface area contributed by atoms with Crippen molar-refractivity contribution in [3.05, 3.63) is 23.9 Å². The van der Waals surface area contributed by atoms with E-state index in [9.17, 15) is 4.79 Å². The van der Waals surface area contributed by atoms with E-state index in [2.05, 4.69) is 10.3 Å². The Balaban J connectivity index is 1.72. The SMILES string of the molecule is O=C(O)c1cccc(NCCCC2CCOC2)n1. The first-order valence-corrected chi connectivity index (χ1v) is 6.27. The van der Waals surface area contributed by atoms with Crippen LogP contribution in [0.15, 0.2) is 18.2 Å². The largest absolute Gasteiger partial charge is 0.477 e. The molecule has 0 radical (unpaired) electrons. The molecule has 1 aliphatic rings. The van der Waals surface area contributed by atoms with E-state index in [1.165, 1.54) is 6.07 Å². The average Bonchev–Trinajstić information content (AvgIpc) is 2.88. The molecule has 0 aromatic carbocycles. The monoisotopic (exact) mass is 250 g/mol. The van der Waals surface area contributed by atoms with Crippen LogP contribution in [0.1, 0.15) is 29.8 Å². The molecule has 1 fully saturated rings. The van der Waals surface area contributed by atoms with Gasteiger partial charge in [-0.25, -0.2) is 9.78 Å². The standard InChI is InChI=1S/C13H18N2O3/c16-13(17)11-4-1-5-12(15-11)14-7-2-3-10-6-8-18-9-10/h1,4-5,10H,2-3,6-9H2,(H,14,15)(H,16,17). The Kier molecular flexibility index (Phi) is 4.52. The lowest BCUT2D eigenvalue weighted by Gasteiger charge is -2.08. The van der Waals surface area contributed by atoms with Gasteiger partial charge in [0, 0.05) is 19.8 Å². The maximum atomic E-state index is 10.8. The van der Waals surface area contributed by atoms with Gasteiger partial charge in [0.2, 0.25) is 0 Å². The van der Waals surface area contributed by atoms with Crippen molar-refractivity contribution in [1.29, 1.82) is 0 Å². The third-order valence-electron chi connectivity index (χ3n) is 3.09. The summed E-state index contributed by atoms with van der Waals surface area (Å²) >= 11 is 0. The summed E-state index contributed by atoms with van der Waals surface area (Å²) in [5.74, 6) is 0.310. The van der Waals surface area contributed by atoms with E-state index in [4.69, 9.17) is 9.84 Å². The number of carboxylic acids is 1. The predicted octanol–water partition coefficient (Wildman–Crippen LogP) is 2.01. The van der Waals surface area contributed by atoms with E-state index in [0.29, 0.717) is 11.7 Å².